The van der Waals surface area contributed by atoms with Crippen LogP contribution < -0.4 is 16.2 Å². The molecule has 19 heavy (non-hydrogen) atoms. The average molecular weight is 301 g/mol. The fourth-order valence-electron chi connectivity index (χ4n) is 1.44. The summed E-state index contributed by atoms with van der Waals surface area (Å²) in [5, 5.41) is 19.0. The van der Waals surface area contributed by atoms with Crippen molar-refractivity contribution < 1.29 is 14.9 Å². The van der Waals surface area contributed by atoms with E-state index < -0.39 is 0 Å². The van der Waals surface area contributed by atoms with Gasteiger partial charge >= 0.3 is 0 Å². The first-order valence-corrected chi connectivity index (χ1v) is 5.88. The number of anilines is 2. The SMILES string of the molecule is Nc1cc(Oc2cc(N)c(O)c(Cl)c2)cc(Cl)c1O. The topological polar surface area (TPSA) is 102 Å². The number of hydrogen-bond acceptors (Lipinski definition) is 5. The Bertz CT molecular complexity index is 545. The standard InChI is InChI=1S/C12H10Cl2N2O3/c13-7-1-5(3-9(15)11(7)17)19-6-2-8(14)12(18)10(16)4-6/h1-4,17-18H,15-16H2. The van der Waals surface area contributed by atoms with Crippen LogP contribution in [0, 0.1) is 0 Å². The normalized spacial score (nSPS) is 10.4. The van der Waals surface area contributed by atoms with E-state index >= 15 is 0 Å². The van der Waals surface area contributed by atoms with E-state index in [0.717, 1.165) is 0 Å². The van der Waals surface area contributed by atoms with Crippen LogP contribution in [0.5, 0.6) is 23.0 Å². The molecular weight excluding hydrogens is 291 g/mol. The zero-order valence-electron chi connectivity index (χ0n) is 9.52. The number of phenolic OH excluding ortho intramolecular Hbond substituents is 2. The second kappa shape index (κ2) is 4.95. The fourth-order valence-corrected chi connectivity index (χ4v) is 1.88. The highest BCUT2D eigenvalue weighted by Gasteiger charge is 2.10. The Morgan fingerprint density at radius 1 is 0.789 bits per heavy atom. The molecule has 2 aromatic rings. The van der Waals surface area contributed by atoms with E-state index in [9.17, 15) is 10.2 Å². The summed E-state index contributed by atoms with van der Waals surface area (Å²) in [6.07, 6.45) is 0. The third kappa shape index (κ3) is 2.72. The third-order valence-corrected chi connectivity index (χ3v) is 2.94. The molecule has 0 saturated carbocycles. The molecule has 0 aliphatic carbocycles. The molecule has 7 heteroatoms. The molecule has 0 unspecified atom stereocenters. The number of nitrogens with two attached hydrogens (primary N) is 2. The highest BCUT2D eigenvalue weighted by Crippen LogP contribution is 2.39. The molecule has 0 aliphatic rings. The molecule has 0 bridgehead atoms. The average Bonchev–Trinajstić information content (AvgIpc) is 2.33. The summed E-state index contributed by atoms with van der Waals surface area (Å²) in [5.41, 5.74) is 11.3. The number of hydrogen-bond donors (Lipinski definition) is 4. The summed E-state index contributed by atoms with van der Waals surface area (Å²) in [5.74, 6) is 0.192. The highest BCUT2D eigenvalue weighted by atomic mass is 35.5. The zero-order valence-corrected chi connectivity index (χ0v) is 11.0. The van der Waals surface area contributed by atoms with Crippen LogP contribution in [0.1, 0.15) is 0 Å². The Kier molecular flexibility index (Phi) is 3.50. The Morgan fingerprint density at radius 3 is 1.47 bits per heavy atom. The van der Waals surface area contributed by atoms with Crippen molar-refractivity contribution in [1.29, 1.82) is 0 Å². The maximum atomic E-state index is 9.43. The maximum Gasteiger partial charge on any atom is 0.157 e. The smallest absolute Gasteiger partial charge is 0.157 e. The van der Waals surface area contributed by atoms with Crippen molar-refractivity contribution in [3.63, 3.8) is 0 Å². The fraction of sp³-hybridized carbons (Fsp3) is 0. The lowest BCUT2D eigenvalue weighted by atomic mass is 10.2. The predicted molar refractivity (Wildman–Crippen MR) is 75.1 cm³/mol. The van der Waals surface area contributed by atoms with Gasteiger partial charge in [0.15, 0.2) is 11.5 Å². The first-order chi connectivity index (χ1) is 8.88. The molecule has 0 atom stereocenters. The van der Waals surface area contributed by atoms with Crippen LogP contribution in [0.2, 0.25) is 10.0 Å². The second-order valence-corrected chi connectivity index (χ2v) is 4.60. The van der Waals surface area contributed by atoms with Gasteiger partial charge in [-0.1, -0.05) is 23.2 Å². The summed E-state index contributed by atoms with van der Waals surface area (Å²) >= 11 is 11.5. The lowest BCUT2D eigenvalue weighted by molar-refractivity contribution is 0.462. The van der Waals surface area contributed by atoms with E-state index in [1.807, 2.05) is 0 Å². The summed E-state index contributed by atoms with van der Waals surface area (Å²) in [6, 6.07) is 5.59. The van der Waals surface area contributed by atoms with Crippen LogP contribution in [-0.2, 0) is 0 Å². The summed E-state index contributed by atoms with van der Waals surface area (Å²) < 4.78 is 5.46. The van der Waals surface area contributed by atoms with Crippen molar-refractivity contribution >= 4 is 34.6 Å². The molecule has 6 N–H and O–H groups in total. The van der Waals surface area contributed by atoms with Crippen molar-refractivity contribution in [2.24, 2.45) is 0 Å². The zero-order chi connectivity index (χ0) is 14.2. The van der Waals surface area contributed by atoms with Gasteiger partial charge in [0.05, 0.1) is 21.4 Å². The molecule has 0 fully saturated rings. The van der Waals surface area contributed by atoms with Gasteiger partial charge in [0, 0.05) is 24.3 Å². The molecule has 0 amide bonds. The number of nitrogen functional groups attached to an aromatic ring is 2. The van der Waals surface area contributed by atoms with Crippen molar-refractivity contribution in [3.8, 4) is 23.0 Å². The lowest BCUT2D eigenvalue weighted by Crippen LogP contribution is -1.92. The van der Waals surface area contributed by atoms with Crippen LogP contribution in [0.3, 0.4) is 0 Å². The quantitative estimate of drug-likeness (QED) is 0.503. The molecule has 2 rings (SSSR count). The van der Waals surface area contributed by atoms with Gasteiger partial charge in [-0.15, -0.1) is 0 Å². The molecule has 0 saturated heterocycles. The van der Waals surface area contributed by atoms with Crippen molar-refractivity contribution in [2.45, 2.75) is 0 Å². The number of rotatable bonds is 2. The van der Waals surface area contributed by atoms with Gasteiger partial charge in [0.25, 0.3) is 0 Å². The third-order valence-electron chi connectivity index (χ3n) is 2.37. The van der Waals surface area contributed by atoms with Gasteiger partial charge in [-0.3, -0.25) is 0 Å². The molecule has 0 radical (unpaired) electrons. The van der Waals surface area contributed by atoms with Gasteiger partial charge in [-0.25, -0.2) is 0 Å². The summed E-state index contributed by atoms with van der Waals surface area (Å²) in [6.45, 7) is 0. The van der Waals surface area contributed by atoms with Gasteiger partial charge in [0.1, 0.15) is 11.5 Å². The Labute approximate surface area is 118 Å². The predicted octanol–water partition coefficient (Wildman–Crippen LogP) is 3.36. The van der Waals surface area contributed by atoms with E-state index in [1.54, 1.807) is 0 Å². The molecule has 0 spiro atoms. The van der Waals surface area contributed by atoms with Crippen LogP contribution >= 0.6 is 23.2 Å². The Hall–Kier alpha value is -1.98. The van der Waals surface area contributed by atoms with Crippen LogP contribution in [0.4, 0.5) is 11.4 Å². The monoisotopic (exact) mass is 300 g/mol. The van der Waals surface area contributed by atoms with Gasteiger partial charge in [0.2, 0.25) is 0 Å². The molecule has 5 nitrogen and oxygen atoms in total. The molecule has 0 aliphatic heterocycles. The first kappa shape index (κ1) is 13.5. The van der Waals surface area contributed by atoms with E-state index in [1.165, 1.54) is 24.3 Å². The molecule has 2 aromatic carbocycles. The minimum absolute atomic E-state index is 0.0628. The van der Waals surface area contributed by atoms with E-state index in [0.29, 0.717) is 11.5 Å². The summed E-state index contributed by atoms with van der Waals surface area (Å²) in [7, 11) is 0. The molecule has 100 valence electrons. The van der Waals surface area contributed by atoms with E-state index in [2.05, 4.69) is 0 Å². The minimum Gasteiger partial charge on any atom is -0.504 e. The van der Waals surface area contributed by atoms with Gasteiger partial charge < -0.3 is 26.4 Å². The minimum atomic E-state index is -0.211. The Balaban J connectivity index is 2.36. The van der Waals surface area contributed by atoms with E-state index in [-0.39, 0.29) is 32.9 Å². The number of aromatic hydroxyl groups is 2. The molecular formula is C12H10Cl2N2O3. The highest BCUT2D eigenvalue weighted by molar-refractivity contribution is 6.33. The maximum absolute atomic E-state index is 9.43. The van der Waals surface area contributed by atoms with Crippen LogP contribution in [0.15, 0.2) is 24.3 Å². The van der Waals surface area contributed by atoms with Crippen LogP contribution in [0.25, 0.3) is 0 Å². The lowest BCUT2D eigenvalue weighted by Gasteiger charge is -2.10. The molecule has 0 heterocycles. The van der Waals surface area contributed by atoms with Crippen molar-refractivity contribution in [2.75, 3.05) is 11.5 Å². The van der Waals surface area contributed by atoms with Crippen molar-refractivity contribution in [1.82, 2.24) is 0 Å². The van der Waals surface area contributed by atoms with Crippen LogP contribution in [-0.4, -0.2) is 10.2 Å². The van der Waals surface area contributed by atoms with E-state index in [4.69, 9.17) is 39.4 Å². The largest absolute Gasteiger partial charge is 0.504 e. The first-order valence-electron chi connectivity index (χ1n) is 5.12. The number of phenols is 2. The van der Waals surface area contributed by atoms with Gasteiger partial charge in [-0.05, 0) is 0 Å². The second-order valence-electron chi connectivity index (χ2n) is 3.79. The Morgan fingerprint density at radius 2 is 1.16 bits per heavy atom. The summed E-state index contributed by atoms with van der Waals surface area (Å²) in [4.78, 5) is 0. The van der Waals surface area contributed by atoms with Crippen molar-refractivity contribution in [3.05, 3.63) is 34.3 Å². The molecule has 0 aromatic heterocycles. The number of benzene rings is 2. The number of ether oxygens (including phenoxy) is 1. The van der Waals surface area contributed by atoms with Gasteiger partial charge in [-0.2, -0.15) is 0 Å². The number of halogens is 2.